The molecule has 0 radical (unpaired) electrons. The van der Waals surface area contributed by atoms with Gasteiger partial charge in [0.1, 0.15) is 11.4 Å². The van der Waals surface area contributed by atoms with Gasteiger partial charge in [0, 0.05) is 35.3 Å². The molecule has 0 saturated carbocycles. The molecular weight excluding hydrogens is 457 g/mol. The van der Waals surface area contributed by atoms with Gasteiger partial charge in [-0.3, -0.25) is 24.6 Å². The van der Waals surface area contributed by atoms with Crippen LogP contribution in [0.15, 0.2) is 60.0 Å². The maximum absolute atomic E-state index is 14.5. The van der Waals surface area contributed by atoms with Gasteiger partial charge < -0.3 is 5.32 Å². The number of benzene rings is 2. The third kappa shape index (κ3) is 2.77. The van der Waals surface area contributed by atoms with Crippen molar-refractivity contribution in [2.75, 3.05) is 11.9 Å². The summed E-state index contributed by atoms with van der Waals surface area (Å²) in [5.74, 6) is -2.35. The normalized spacial score (nSPS) is 27.6. The van der Waals surface area contributed by atoms with E-state index in [1.807, 2.05) is 4.90 Å². The maximum atomic E-state index is 14.5. The van der Waals surface area contributed by atoms with Crippen LogP contribution in [0.3, 0.4) is 0 Å². The molecule has 0 aliphatic carbocycles. The molecule has 1 amide bonds. The molecule has 3 aliphatic heterocycles. The van der Waals surface area contributed by atoms with Crippen LogP contribution >= 0.6 is 11.3 Å². The zero-order valence-electron chi connectivity index (χ0n) is 17.9. The molecule has 7 nitrogen and oxygen atoms in total. The van der Waals surface area contributed by atoms with E-state index >= 15 is 0 Å². The van der Waals surface area contributed by atoms with Crippen LogP contribution in [0.4, 0.5) is 15.8 Å². The zero-order chi connectivity index (χ0) is 23.6. The summed E-state index contributed by atoms with van der Waals surface area (Å²) in [5.41, 5.74) is 0.172. The van der Waals surface area contributed by atoms with Crippen LogP contribution in [0, 0.1) is 21.8 Å². The Bertz CT molecular complexity index is 1340. The summed E-state index contributed by atoms with van der Waals surface area (Å²) in [4.78, 5) is 41.6. The highest BCUT2D eigenvalue weighted by Gasteiger charge is 2.69. The molecular formula is C25H20FN3O4S. The molecule has 6 rings (SSSR count). The van der Waals surface area contributed by atoms with Crippen LogP contribution in [0.2, 0.25) is 0 Å². The molecule has 1 N–H and O–H groups in total. The predicted octanol–water partition coefficient (Wildman–Crippen LogP) is 4.70. The zero-order valence-corrected chi connectivity index (χ0v) is 18.8. The number of fused-ring (bicyclic) bond motifs is 4. The number of amides is 1. The van der Waals surface area contributed by atoms with Crippen LogP contribution in [0.5, 0.6) is 0 Å². The number of hydrogen-bond acceptors (Lipinski definition) is 6. The van der Waals surface area contributed by atoms with Gasteiger partial charge in [0.15, 0.2) is 5.78 Å². The topological polar surface area (TPSA) is 92.5 Å². The van der Waals surface area contributed by atoms with Gasteiger partial charge in [-0.05, 0) is 54.6 Å². The summed E-state index contributed by atoms with van der Waals surface area (Å²) in [6.45, 7) is 0.577. The third-order valence-corrected chi connectivity index (χ3v) is 8.36. The van der Waals surface area contributed by atoms with E-state index in [1.54, 1.807) is 29.6 Å². The van der Waals surface area contributed by atoms with Gasteiger partial charge in [0.2, 0.25) is 5.91 Å². The lowest BCUT2D eigenvalue weighted by Crippen LogP contribution is -2.52. The van der Waals surface area contributed by atoms with Gasteiger partial charge >= 0.3 is 0 Å². The van der Waals surface area contributed by atoms with E-state index in [0.717, 1.165) is 12.8 Å². The smallest absolute Gasteiger partial charge is 0.269 e. The van der Waals surface area contributed by atoms with Gasteiger partial charge in [-0.25, -0.2) is 4.39 Å². The summed E-state index contributed by atoms with van der Waals surface area (Å²) < 4.78 is 14.5. The monoisotopic (exact) mass is 477 g/mol. The van der Waals surface area contributed by atoms with Crippen molar-refractivity contribution in [2.45, 2.75) is 30.3 Å². The molecule has 1 aromatic heterocycles. The highest BCUT2D eigenvalue weighted by molar-refractivity contribution is 7.12. The third-order valence-electron chi connectivity index (χ3n) is 7.48. The van der Waals surface area contributed by atoms with Crippen molar-refractivity contribution in [3.05, 3.63) is 91.9 Å². The number of nitrogens with zero attached hydrogens (tertiary/aromatic N) is 2. The van der Waals surface area contributed by atoms with E-state index in [4.69, 9.17) is 0 Å². The van der Waals surface area contributed by atoms with Crippen LogP contribution in [0.1, 0.15) is 39.6 Å². The lowest BCUT2D eigenvalue weighted by molar-refractivity contribution is -0.384. The molecule has 2 saturated heterocycles. The highest BCUT2D eigenvalue weighted by Crippen LogP contribution is 2.61. The van der Waals surface area contributed by atoms with E-state index in [2.05, 4.69) is 5.32 Å². The first-order valence-corrected chi connectivity index (χ1v) is 12.0. The van der Waals surface area contributed by atoms with Crippen LogP contribution < -0.4 is 5.32 Å². The average Bonchev–Trinajstić information content (AvgIpc) is 3.60. The molecule has 3 unspecified atom stereocenters. The first kappa shape index (κ1) is 21.1. The summed E-state index contributed by atoms with van der Waals surface area (Å²) in [7, 11) is 0. The second kappa shape index (κ2) is 7.54. The number of nitro groups is 1. The van der Waals surface area contributed by atoms with Gasteiger partial charge in [0.05, 0.1) is 15.7 Å². The van der Waals surface area contributed by atoms with Crippen molar-refractivity contribution in [3.8, 4) is 0 Å². The molecule has 34 heavy (non-hydrogen) atoms. The number of non-ortho nitro benzene ring substituents is 1. The van der Waals surface area contributed by atoms with Crippen molar-refractivity contribution >= 4 is 34.4 Å². The number of carbonyl (C=O) groups is 2. The van der Waals surface area contributed by atoms with Crippen molar-refractivity contribution < 1.29 is 18.9 Å². The number of Topliss-reactive ketones (excluding diaryl/α,β-unsaturated/α-hetero) is 1. The Morgan fingerprint density at radius 3 is 2.82 bits per heavy atom. The van der Waals surface area contributed by atoms with Crippen molar-refractivity contribution in [2.24, 2.45) is 5.92 Å². The van der Waals surface area contributed by atoms with E-state index in [0.29, 0.717) is 28.2 Å². The summed E-state index contributed by atoms with van der Waals surface area (Å²) in [6.07, 6.45) is 1.55. The fourth-order valence-corrected chi connectivity index (χ4v) is 7.03. The van der Waals surface area contributed by atoms with Crippen LogP contribution in [0.25, 0.3) is 0 Å². The molecule has 9 heteroatoms. The second-order valence-electron chi connectivity index (χ2n) is 9.01. The molecule has 0 bridgehead atoms. The lowest BCUT2D eigenvalue weighted by Gasteiger charge is -2.36. The number of anilines is 1. The molecule has 2 fully saturated rings. The Hall–Kier alpha value is -3.43. The highest BCUT2D eigenvalue weighted by atomic mass is 32.1. The molecule has 2 aromatic carbocycles. The minimum atomic E-state index is -1.38. The molecule has 3 aromatic rings. The molecule has 4 heterocycles. The van der Waals surface area contributed by atoms with Gasteiger partial charge in [-0.2, -0.15) is 0 Å². The summed E-state index contributed by atoms with van der Waals surface area (Å²) >= 11 is 1.30. The number of carbonyl (C=O) groups excluding carboxylic acids is 2. The minimum absolute atomic E-state index is 0.0624. The fraction of sp³-hybridized carbons (Fsp3) is 0.280. The Balaban J connectivity index is 1.63. The number of rotatable bonds is 4. The standard InChI is InChI=1S/C25H20FN3O4S/c26-15-8-9-18-17(13-15)25(24(31)27-18)22(23(30)20-7-3-11-34-20)21(19-6-2-10-28(19)25)14-4-1-5-16(12-14)29(32)33/h1,3-5,7-9,11-13,19,21-22H,2,6,10H2,(H,27,31)/t19?,21?,22?,25-/m1/s1. The van der Waals surface area contributed by atoms with Crippen LogP contribution in [-0.2, 0) is 10.3 Å². The number of hydrogen-bond donors (Lipinski definition) is 1. The molecule has 172 valence electrons. The number of nitro benzene ring substituents is 1. The van der Waals surface area contributed by atoms with E-state index in [1.165, 1.54) is 41.7 Å². The quantitative estimate of drug-likeness (QED) is 0.334. The number of thiophene rings is 1. The SMILES string of the molecule is O=C(c1cccs1)C1C(c2cccc([N+](=O)[O-])c2)C2CCCN2[C@@]12C(=O)Nc1ccc(F)cc12. The fourth-order valence-electron chi connectivity index (χ4n) is 6.32. The van der Waals surface area contributed by atoms with Crippen LogP contribution in [-0.4, -0.2) is 34.1 Å². The van der Waals surface area contributed by atoms with E-state index < -0.39 is 28.1 Å². The Morgan fingerprint density at radius 1 is 1.21 bits per heavy atom. The number of ketones is 1. The number of nitrogens with one attached hydrogen (secondary N) is 1. The summed E-state index contributed by atoms with van der Waals surface area (Å²) in [6, 6.07) is 13.9. The van der Waals surface area contributed by atoms with Gasteiger partial charge in [-0.1, -0.05) is 18.2 Å². The summed E-state index contributed by atoms with van der Waals surface area (Å²) in [5, 5.41) is 16.2. The Morgan fingerprint density at radius 2 is 2.06 bits per heavy atom. The molecule has 3 aliphatic rings. The molecule has 4 atom stereocenters. The van der Waals surface area contributed by atoms with Crippen molar-refractivity contribution in [3.63, 3.8) is 0 Å². The van der Waals surface area contributed by atoms with E-state index in [-0.39, 0.29) is 23.4 Å². The first-order chi connectivity index (χ1) is 16.4. The largest absolute Gasteiger partial charge is 0.324 e. The second-order valence-corrected chi connectivity index (χ2v) is 9.96. The maximum Gasteiger partial charge on any atom is 0.269 e. The lowest BCUT2D eigenvalue weighted by atomic mass is 9.69. The van der Waals surface area contributed by atoms with Crippen molar-refractivity contribution in [1.82, 2.24) is 4.90 Å². The predicted molar refractivity (Wildman–Crippen MR) is 124 cm³/mol. The van der Waals surface area contributed by atoms with E-state index in [9.17, 15) is 24.1 Å². The molecule has 1 spiro atoms. The van der Waals surface area contributed by atoms with Crippen molar-refractivity contribution in [1.29, 1.82) is 0 Å². The first-order valence-electron chi connectivity index (χ1n) is 11.1. The Labute approximate surface area is 198 Å². The van der Waals surface area contributed by atoms with Gasteiger partial charge in [-0.15, -0.1) is 11.3 Å². The number of halogens is 1. The average molecular weight is 478 g/mol. The minimum Gasteiger partial charge on any atom is -0.324 e. The van der Waals surface area contributed by atoms with Gasteiger partial charge in [0.25, 0.3) is 5.69 Å². The Kier molecular flexibility index (Phi) is 4.69.